The summed E-state index contributed by atoms with van der Waals surface area (Å²) in [5, 5.41) is 8.74. The number of nitrogens with one attached hydrogen (secondary N) is 3. The molecular weight excluding hydrogens is 266 g/mol. The Morgan fingerprint density at radius 2 is 1.95 bits per heavy atom. The predicted molar refractivity (Wildman–Crippen MR) is 85.6 cm³/mol. The molecule has 0 saturated heterocycles. The third-order valence-electron chi connectivity index (χ3n) is 3.21. The van der Waals surface area contributed by atoms with E-state index in [1.54, 1.807) is 19.2 Å². The van der Waals surface area contributed by atoms with Gasteiger partial charge in [-0.2, -0.15) is 0 Å². The van der Waals surface area contributed by atoms with Crippen molar-refractivity contribution >= 4 is 17.5 Å². The largest absolute Gasteiger partial charge is 0.355 e. The maximum atomic E-state index is 11.9. The molecule has 0 fully saturated rings. The minimum Gasteiger partial charge on any atom is -0.355 e. The van der Waals surface area contributed by atoms with E-state index in [4.69, 9.17) is 0 Å². The molecule has 0 bridgehead atoms. The van der Waals surface area contributed by atoms with Gasteiger partial charge in [-0.25, -0.2) is 0 Å². The Kier molecular flexibility index (Phi) is 6.88. The van der Waals surface area contributed by atoms with E-state index in [0.717, 1.165) is 18.5 Å². The lowest BCUT2D eigenvalue weighted by atomic mass is 10.1. The van der Waals surface area contributed by atoms with Gasteiger partial charge in [-0.3, -0.25) is 9.59 Å². The van der Waals surface area contributed by atoms with E-state index in [-0.39, 0.29) is 11.8 Å². The summed E-state index contributed by atoms with van der Waals surface area (Å²) in [7, 11) is 1.59. The average Bonchev–Trinajstić information content (AvgIpc) is 2.45. The quantitative estimate of drug-likeness (QED) is 0.674. The van der Waals surface area contributed by atoms with E-state index in [0.29, 0.717) is 23.7 Å². The first-order valence-electron chi connectivity index (χ1n) is 7.30. The minimum atomic E-state index is -0.148. The topological polar surface area (TPSA) is 70.2 Å². The summed E-state index contributed by atoms with van der Waals surface area (Å²) in [4.78, 5) is 23.6. The van der Waals surface area contributed by atoms with Crippen LogP contribution in [0.25, 0.3) is 0 Å². The summed E-state index contributed by atoms with van der Waals surface area (Å²) in [6.45, 7) is 6.81. The highest BCUT2D eigenvalue weighted by Crippen LogP contribution is 2.19. The van der Waals surface area contributed by atoms with E-state index in [2.05, 4.69) is 29.8 Å². The normalized spacial score (nSPS) is 10.5. The number of hydrogen-bond donors (Lipinski definition) is 3. The number of anilines is 1. The number of amides is 2. The Hall–Kier alpha value is -1.88. The van der Waals surface area contributed by atoms with Crippen LogP contribution in [0, 0.1) is 6.92 Å². The van der Waals surface area contributed by atoms with Crippen LogP contribution in [0.4, 0.5) is 5.69 Å². The molecule has 1 rings (SSSR count). The fourth-order valence-corrected chi connectivity index (χ4v) is 2.00. The van der Waals surface area contributed by atoms with Crippen LogP contribution in [0.1, 0.15) is 42.6 Å². The molecule has 0 aliphatic rings. The van der Waals surface area contributed by atoms with Crippen LogP contribution in [-0.4, -0.2) is 31.4 Å². The van der Waals surface area contributed by atoms with Crippen molar-refractivity contribution in [3.63, 3.8) is 0 Å². The predicted octanol–water partition coefficient (Wildman–Crippen LogP) is 2.07. The third kappa shape index (κ3) is 5.55. The molecule has 5 heteroatoms. The highest BCUT2D eigenvalue weighted by molar-refractivity contribution is 5.99. The van der Waals surface area contributed by atoms with Gasteiger partial charge < -0.3 is 16.0 Å². The maximum Gasteiger partial charge on any atom is 0.251 e. The Labute approximate surface area is 126 Å². The number of carbonyl (C=O) groups excluding carboxylic acids is 2. The van der Waals surface area contributed by atoms with Gasteiger partial charge in [0.1, 0.15) is 0 Å². The zero-order valence-corrected chi connectivity index (χ0v) is 13.2. The molecule has 0 unspecified atom stereocenters. The van der Waals surface area contributed by atoms with Crippen molar-refractivity contribution in [2.24, 2.45) is 0 Å². The Bertz CT molecular complexity index is 498. The zero-order chi connectivity index (χ0) is 15.8. The second-order valence-electron chi connectivity index (χ2n) is 5.32. The van der Waals surface area contributed by atoms with E-state index in [9.17, 15) is 9.59 Å². The second-order valence-corrected chi connectivity index (χ2v) is 5.32. The Balaban J connectivity index is 2.58. The standard InChI is InChI=1S/C16H25N3O2/c1-11(2)18-10-6-9-15(20)19-14-8-5-7-13(12(14)3)16(21)17-4/h5,7-8,11,18H,6,9-10H2,1-4H3,(H,17,21)(H,19,20). The summed E-state index contributed by atoms with van der Waals surface area (Å²) in [5.41, 5.74) is 2.06. The molecule has 0 aromatic heterocycles. The fourth-order valence-electron chi connectivity index (χ4n) is 2.00. The van der Waals surface area contributed by atoms with Crippen molar-refractivity contribution < 1.29 is 9.59 Å². The molecule has 3 N–H and O–H groups in total. The van der Waals surface area contributed by atoms with Gasteiger partial charge in [-0.1, -0.05) is 19.9 Å². The van der Waals surface area contributed by atoms with Crippen LogP contribution < -0.4 is 16.0 Å². The molecule has 116 valence electrons. The molecule has 5 nitrogen and oxygen atoms in total. The molecule has 0 aliphatic heterocycles. The van der Waals surface area contributed by atoms with Gasteiger partial charge in [0, 0.05) is 30.8 Å². The van der Waals surface area contributed by atoms with Gasteiger partial charge in [0.2, 0.25) is 5.91 Å². The van der Waals surface area contributed by atoms with Gasteiger partial charge in [0.25, 0.3) is 5.91 Å². The lowest BCUT2D eigenvalue weighted by Crippen LogP contribution is -2.25. The highest BCUT2D eigenvalue weighted by Gasteiger charge is 2.11. The van der Waals surface area contributed by atoms with Gasteiger partial charge in [0.05, 0.1) is 0 Å². The third-order valence-corrected chi connectivity index (χ3v) is 3.21. The molecule has 0 saturated carbocycles. The first-order valence-corrected chi connectivity index (χ1v) is 7.30. The van der Waals surface area contributed by atoms with Crippen LogP contribution in [-0.2, 0) is 4.79 Å². The molecule has 1 aromatic rings. The van der Waals surface area contributed by atoms with Gasteiger partial charge in [-0.05, 0) is 37.6 Å². The van der Waals surface area contributed by atoms with Crippen LogP contribution in [0.3, 0.4) is 0 Å². The molecule has 2 amide bonds. The smallest absolute Gasteiger partial charge is 0.251 e. The number of benzene rings is 1. The van der Waals surface area contributed by atoms with Crippen LogP contribution in [0.5, 0.6) is 0 Å². The summed E-state index contributed by atoms with van der Waals surface area (Å²) >= 11 is 0. The lowest BCUT2D eigenvalue weighted by Gasteiger charge is -2.12. The molecule has 21 heavy (non-hydrogen) atoms. The maximum absolute atomic E-state index is 11.9. The summed E-state index contributed by atoms with van der Waals surface area (Å²) in [5.74, 6) is -0.178. The monoisotopic (exact) mass is 291 g/mol. The summed E-state index contributed by atoms with van der Waals surface area (Å²) in [6, 6.07) is 5.76. The number of hydrogen-bond acceptors (Lipinski definition) is 3. The van der Waals surface area contributed by atoms with Gasteiger partial charge in [-0.15, -0.1) is 0 Å². The first-order chi connectivity index (χ1) is 9.95. The minimum absolute atomic E-state index is 0.0299. The fraction of sp³-hybridized carbons (Fsp3) is 0.500. The Morgan fingerprint density at radius 3 is 2.57 bits per heavy atom. The number of rotatable bonds is 7. The highest BCUT2D eigenvalue weighted by atomic mass is 16.2. The van der Waals surface area contributed by atoms with Crippen molar-refractivity contribution in [3.05, 3.63) is 29.3 Å². The molecule has 0 aliphatic carbocycles. The number of carbonyl (C=O) groups is 2. The summed E-state index contributed by atoms with van der Waals surface area (Å²) < 4.78 is 0. The Morgan fingerprint density at radius 1 is 1.24 bits per heavy atom. The van der Waals surface area contributed by atoms with Crippen molar-refractivity contribution in [1.29, 1.82) is 0 Å². The van der Waals surface area contributed by atoms with E-state index in [1.165, 1.54) is 0 Å². The van der Waals surface area contributed by atoms with Crippen molar-refractivity contribution in [3.8, 4) is 0 Å². The lowest BCUT2D eigenvalue weighted by molar-refractivity contribution is -0.116. The molecule has 0 spiro atoms. The molecule has 0 atom stereocenters. The molecule has 0 radical (unpaired) electrons. The molecule has 0 heterocycles. The molecule has 1 aromatic carbocycles. The SMILES string of the molecule is CNC(=O)c1cccc(NC(=O)CCCNC(C)C)c1C. The van der Waals surface area contributed by atoms with Crippen molar-refractivity contribution in [2.45, 2.75) is 39.7 Å². The molecular formula is C16H25N3O2. The van der Waals surface area contributed by atoms with Gasteiger partial charge in [0.15, 0.2) is 0 Å². The second kappa shape index (κ2) is 8.42. The van der Waals surface area contributed by atoms with Crippen LogP contribution in [0.2, 0.25) is 0 Å². The van der Waals surface area contributed by atoms with E-state index in [1.807, 2.05) is 13.0 Å². The van der Waals surface area contributed by atoms with Crippen molar-refractivity contribution in [2.75, 3.05) is 18.9 Å². The average molecular weight is 291 g/mol. The van der Waals surface area contributed by atoms with E-state index >= 15 is 0 Å². The zero-order valence-electron chi connectivity index (χ0n) is 13.2. The van der Waals surface area contributed by atoms with E-state index < -0.39 is 0 Å². The first kappa shape index (κ1) is 17.2. The van der Waals surface area contributed by atoms with Crippen molar-refractivity contribution in [1.82, 2.24) is 10.6 Å². The van der Waals surface area contributed by atoms with Gasteiger partial charge >= 0.3 is 0 Å². The van der Waals surface area contributed by atoms with Crippen LogP contribution >= 0.6 is 0 Å². The van der Waals surface area contributed by atoms with Crippen LogP contribution in [0.15, 0.2) is 18.2 Å². The summed E-state index contributed by atoms with van der Waals surface area (Å²) in [6.07, 6.45) is 1.25.